The van der Waals surface area contributed by atoms with Crippen LogP contribution in [0.1, 0.15) is 44.1 Å². The Hall–Kier alpha value is -1.22. The van der Waals surface area contributed by atoms with E-state index < -0.39 is 0 Å². The Morgan fingerprint density at radius 1 is 1.00 bits per heavy atom. The highest BCUT2D eigenvalue weighted by Crippen LogP contribution is 2.25. The van der Waals surface area contributed by atoms with E-state index in [1.165, 1.54) is 32.1 Å². The molecule has 0 bridgehead atoms. The second-order valence-electron chi connectivity index (χ2n) is 4.38. The first kappa shape index (κ1) is 10.3. The molecular weight excluding hydrogens is 180 g/mol. The number of hydrogen-bond donors (Lipinski definition) is 0. The van der Waals surface area contributed by atoms with E-state index in [4.69, 9.17) is 0 Å². The highest BCUT2D eigenvalue weighted by atomic mass is 14.2. The van der Waals surface area contributed by atoms with Gasteiger partial charge in [0.1, 0.15) is 0 Å². The SMILES string of the molecule is C(#Cc1ccccc1)CC1CCCCC1. The standard InChI is InChI=1S/C15H18/c1-3-8-14(9-4-1)12-7-13-15-10-5-2-6-11-15/h1,3-4,8-9,15H,2,5-6,10-11,13H2. The fraction of sp³-hybridized carbons (Fsp3) is 0.467. The molecule has 0 aromatic heterocycles. The molecule has 1 aliphatic rings. The number of benzene rings is 1. The molecule has 0 spiro atoms. The minimum Gasteiger partial charge on any atom is -0.0976 e. The fourth-order valence-corrected chi connectivity index (χ4v) is 2.21. The fourth-order valence-electron chi connectivity index (χ4n) is 2.21. The Labute approximate surface area is 92.7 Å². The molecule has 0 nitrogen and oxygen atoms in total. The predicted molar refractivity (Wildman–Crippen MR) is 64.5 cm³/mol. The van der Waals surface area contributed by atoms with Crippen LogP contribution in [0.15, 0.2) is 30.3 Å². The maximum atomic E-state index is 3.32. The summed E-state index contributed by atoms with van der Waals surface area (Å²) in [5.41, 5.74) is 1.15. The molecule has 0 radical (unpaired) electrons. The first-order valence-electron chi connectivity index (χ1n) is 5.99. The molecule has 15 heavy (non-hydrogen) atoms. The molecule has 0 aliphatic heterocycles. The van der Waals surface area contributed by atoms with E-state index >= 15 is 0 Å². The third kappa shape index (κ3) is 3.44. The molecule has 1 fully saturated rings. The highest BCUT2D eigenvalue weighted by Gasteiger charge is 2.11. The molecule has 1 aromatic rings. The Balaban J connectivity index is 1.84. The lowest BCUT2D eigenvalue weighted by atomic mass is 9.87. The molecule has 0 atom stereocenters. The van der Waals surface area contributed by atoms with Crippen molar-refractivity contribution in [2.24, 2.45) is 5.92 Å². The van der Waals surface area contributed by atoms with Crippen LogP contribution in [0.5, 0.6) is 0 Å². The summed E-state index contributed by atoms with van der Waals surface area (Å²) < 4.78 is 0. The summed E-state index contributed by atoms with van der Waals surface area (Å²) in [4.78, 5) is 0. The second-order valence-corrected chi connectivity index (χ2v) is 4.38. The minimum atomic E-state index is 0.870. The quantitative estimate of drug-likeness (QED) is 0.598. The molecule has 1 aliphatic carbocycles. The minimum absolute atomic E-state index is 0.870. The van der Waals surface area contributed by atoms with Gasteiger partial charge < -0.3 is 0 Å². The van der Waals surface area contributed by atoms with Gasteiger partial charge in [0, 0.05) is 12.0 Å². The lowest BCUT2D eigenvalue weighted by Crippen LogP contribution is -2.04. The van der Waals surface area contributed by atoms with Crippen LogP contribution in [0.3, 0.4) is 0 Å². The summed E-state index contributed by atoms with van der Waals surface area (Å²) in [6.07, 6.45) is 8.14. The van der Waals surface area contributed by atoms with E-state index in [9.17, 15) is 0 Å². The number of rotatable bonds is 1. The molecule has 1 saturated carbocycles. The van der Waals surface area contributed by atoms with Crippen LogP contribution in [-0.2, 0) is 0 Å². The smallest absolute Gasteiger partial charge is 0.0245 e. The van der Waals surface area contributed by atoms with Crippen molar-refractivity contribution < 1.29 is 0 Å². The van der Waals surface area contributed by atoms with Crippen LogP contribution in [0, 0.1) is 17.8 Å². The van der Waals surface area contributed by atoms with Crippen molar-refractivity contribution >= 4 is 0 Å². The highest BCUT2D eigenvalue weighted by molar-refractivity contribution is 5.33. The van der Waals surface area contributed by atoms with Crippen LogP contribution in [0.4, 0.5) is 0 Å². The molecule has 0 heterocycles. The van der Waals surface area contributed by atoms with Crippen molar-refractivity contribution in [1.82, 2.24) is 0 Å². The van der Waals surface area contributed by atoms with Crippen molar-refractivity contribution in [3.63, 3.8) is 0 Å². The summed E-state index contributed by atoms with van der Waals surface area (Å²) in [6.45, 7) is 0. The largest absolute Gasteiger partial charge is 0.0976 e. The first-order valence-corrected chi connectivity index (χ1v) is 5.99. The predicted octanol–water partition coefficient (Wildman–Crippen LogP) is 4.01. The van der Waals surface area contributed by atoms with Gasteiger partial charge in [0.05, 0.1) is 0 Å². The molecule has 0 heteroatoms. The molecular formula is C15H18. The maximum absolute atomic E-state index is 3.32. The van der Waals surface area contributed by atoms with Gasteiger partial charge >= 0.3 is 0 Å². The van der Waals surface area contributed by atoms with Gasteiger partial charge in [0.15, 0.2) is 0 Å². The van der Waals surface area contributed by atoms with Crippen molar-refractivity contribution in [1.29, 1.82) is 0 Å². The van der Waals surface area contributed by atoms with E-state index in [2.05, 4.69) is 24.0 Å². The maximum Gasteiger partial charge on any atom is 0.0245 e. The van der Waals surface area contributed by atoms with E-state index in [0.29, 0.717) is 0 Å². The van der Waals surface area contributed by atoms with Crippen LogP contribution in [0.25, 0.3) is 0 Å². The van der Waals surface area contributed by atoms with Gasteiger partial charge in [-0.2, -0.15) is 0 Å². The van der Waals surface area contributed by atoms with Crippen LogP contribution in [-0.4, -0.2) is 0 Å². The average molecular weight is 198 g/mol. The van der Waals surface area contributed by atoms with Crippen molar-refractivity contribution in [3.05, 3.63) is 35.9 Å². The van der Waals surface area contributed by atoms with Gasteiger partial charge in [-0.15, -0.1) is 0 Å². The molecule has 2 rings (SSSR count). The van der Waals surface area contributed by atoms with Gasteiger partial charge in [-0.05, 0) is 30.9 Å². The van der Waals surface area contributed by atoms with E-state index in [-0.39, 0.29) is 0 Å². The van der Waals surface area contributed by atoms with Gasteiger partial charge in [0.2, 0.25) is 0 Å². The second kappa shape index (κ2) is 5.61. The van der Waals surface area contributed by atoms with Gasteiger partial charge in [-0.25, -0.2) is 0 Å². The lowest BCUT2D eigenvalue weighted by molar-refractivity contribution is 0.365. The van der Waals surface area contributed by atoms with Gasteiger partial charge in [-0.3, -0.25) is 0 Å². The molecule has 0 saturated heterocycles. The Kier molecular flexibility index (Phi) is 3.85. The third-order valence-electron chi connectivity index (χ3n) is 3.12. The summed E-state index contributed by atoms with van der Waals surface area (Å²) in [7, 11) is 0. The zero-order valence-electron chi connectivity index (χ0n) is 9.21. The van der Waals surface area contributed by atoms with E-state index in [0.717, 1.165) is 17.9 Å². The van der Waals surface area contributed by atoms with Gasteiger partial charge in [0.25, 0.3) is 0 Å². The van der Waals surface area contributed by atoms with Crippen LogP contribution < -0.4 is 0 Å². The molecule has 78 valence electrons. The normalized spacial score (nSPS) is 16.8. The summed E-state index contributed by atoms with van der Waals surface area (Å²) in [5, 5.41) is 0. The summed E-state index contributed by atoms with van der Waals surface area (Å²) in [6, 6.07) is 10.3. The van der Waals surface area contributed by atoms with Gasteiger partial charge in [-0.1, -0.05) is 49.3 Å². The van der Waals surface area contributed by atoms with E-state index in [1.807, 2.05) is 18.2 Å². The summed E-state index contributed by atoms with van der Waals surface area (Å²) >= 11 is 0. The monoisotopic (exact) mass is 198 g/mol. The number of hydrogen-bond acceptors (Lipinski definition) is 0. The Morgan fingerprint density at radius 2 is 1.73 bits per heavy atom. The molecule has 0 unspecified atom stereocenters. The first-order chi connectivity index (χ1) is 7.45. The Bertz CT molecular complexity index is 333. The van der Waals surface area contributed by atoms with Crippen LogP contribution >= 0.6 is 0 Å². The summed E-state index contributed by atoms with van der Waals surface area (Å²) in [5.74, 6) is 7.43. The Morgan fingerprint density at radius 3 is 2.47 bits per heavy atom. The third-order valence-corrected chi connectivity index (χ3v) is 3.12. The topological polar surface area (TPSA) is 0 Å². The molecule has 1 aromatic carbocycles. The van der Waals surface area contributed by atoms with Crippen molar-refractivity contribution in [2.45, 2.75) is 38.5 Å². The lowest BCUT2D eigenvalue weighted by Gasteiger charge is -2.18. The van der Waals surface area contributed by atoms with Crippen LogP contribution in [0.2, 0.25) is 0 Å². The average Bonchev–Trinajstić information content (AvgIpc) is 2.32. The van der Waals surface area contributed by atoms with Crippen molar-refractivity contribution in [3.8, 4) is 11.8 Å². The van der Waals surface area contributed by atoms with E-state index in [1.54, 1.807) is 0 Å². The van der Waals surface area contributed by atoms with Crippen molar-refractivity contribution in [2.75, 3.05) is 0 Å². The zero-order chi connectivity index (χ0) is 10.3. The molecule has 0 N–H and O–H groups in total. The zero-order valence-corrected chi connectivity index (χ0v) is 9.21. The molecule has 0 amide bonds.